The van der Waals surface area contributed by atoms with Gasteiger partial charge in [0.1, 0.15) is 5.75 Å². The number of anilines is 1. The van der Waals surface area contributed by atoms with Gasteiger partial charge in [-0.1, -0.05) is 18.0 Å². The van der Waals surface area contributed by atoms with Gasteiger partial charge in [0.2, 0.25) is 5.75 Å². The van der Waals surface area contributed by atoms with Crippen LogP contribution < -0.4 is 24.2 Å². The lowest BCUT2D eigenvalue weighted by Crippen LogP contribution is -2.31. The normalized spacial score (nSPS) is 12.9. The van der Waals surface area contributed by atoms with Crippen LogP contribution in [0.15, 0.2) is 30.3 Å². The third kappa shape index (κ3) is 5.15. The van der Waals surface area contributed by atoms with E-state index in [1.807, 2.05) is 25.3 Å². The molecule has 0 spiro atoms. The topological polar surface area (TPSA) is 92.2 Å². The van der Waals surface area contributed by atoms with E-state index in [-0.39, 0.29) is 11.8 Å². The Morgan fingerprint density at radius 1 is 1.04 bits per heavy atom. The minimum atomic E-state index is -0.745. The maximum Gasteiger partial charge on any atom is 0.203 e. The lowest BCUT2D eigenvalue weighted by atomic mass is 10.0. The Bertz CT molecular complexity index is 762. The van der Waals surface area contributed by atoms with Crippen LogP contribution in [0.1, 0.15) is 24.2 Å². The monoisotopic (exact) mass is 408 g/mol. The molecule has 0 aliphatic rings. The quantitative estimate of drug-likeness (QED) is 0.352. The summed E-state index contributed by atoms with van der Waals surface area (Å²) >= 11 is 1.37. The molecule has 2 rings (SSSR count). The number of hydrogen-bond donors (Lipinski definition) is 4. The average molecular weight is 409 g/mol. The molecule has 154 valence electrons. The Morgan fingerprint density at radius 3 is 2.21 bits per heavy atom. The van der Waals surface area contributed by atoms with Crippen LogP contribution in [-0.2, 0) is 6.54 Å². The molecule has 0 amide bonds. The highest BCUT2D eigenvalue weighted by atomic mass is 32.2. The number of nitrogens with one attached hydrogen (secondary N) is 2. The Morgan fingerprint density at radius 2 is 1.68 bits per heavy atom. The lowest BCUT2D eigenvalue weighted by molar-refractivity contribution is 0.135. The maximum atomic E-state index is 10.7. The number of phenolic OH excluding ortho intramolecular Hbond substituents is 1. The number of rotatable bonds is 10. The second-order valence-corrected chi connectivity index (χ2v) is 6.84. The van der Waals surface area contributed by atoms with E-state index in [1.54, 1.807) is 39.5 Å². The van der Waals surface area contributed by atoms with Gasteiger partial charge >= 0.3 is 0 Å². The zero-order valence-electron chi connectivity index (χ0n) is 16.8. The van der Waals surface area contributed by atoms with E-state index in [9.17, 15) is 10.2 Å². The molecule has 2 aromatic rings. The van der Waals surface area contributed by atoms with Crippen molar-refractivity contribution in [3.05, 3.63) is 41.5 Å². The molecule has 0 unspecified atom stereocenters. The first kappa shape index (κ1) is 22.0. The van der Waals surface area contributed by atoms with Gasteiger partial charge in [0.05, 0.1) is 33.1 Å². The molecule has 0 aliphatic heterocycles. The molecule has 0 fully saturated rings. The summed E-state index contributed by atoms with van der Waals surface area (Å²) in [5.41, 5.74) is 2.21. The SMILES string of the molecule is COc1cc(CN[C@@H](C)[C@H](O)c2ccc(O)c(NSC)c2)cc(OC)c1OC. The van der Waals surface area contributed by atoms with Gasteiger partial charge in [-0.15, -0.1) is 0 Å². The molecule has 28 heavy (non-hydrogen) atoms. The number of methoxy groups -OCH3 is 3. The summed E-state index contributed by atoms with van der Waals surface area (Å²) in [6.45, 7) is 2.40. The number of aromatic hydroxyl groups is 1. The summed E-state index contributed by atoms with van der Waals surface area (Å²) in [6, 6.07) is 8.54. The van der Waals surface area contributed by atoms with Crippen molar-refractivity contribution in [2.75, 3.05) is 32.3 Å². The van der Waals surface area contributed by atoms with E-state index in [1.165, 1.54) is 11.9 Å². The Hall–Kier alpha value is -2.29. The zero-order valence-corrected chi connectivity index (χ0v) is 17.6. The maximum absolute atomic E-state index is 10.7. The van der Waals surface area contributed by atoms with Crippen molar-refractivity contribution in [2.45, 2.75) is 25.6 Å². The van der Waals surface area contributed by atoms with E-state index in [0.717, 1.165) is 5.56 Å². The predicted molar refractivity (Wildman–Crippen MR) is 113 cm³/mol. The van der Waals surface area contributed by atoms with Gasteiger partial charge in [0.25, 0.3) is 0 Å². The van der Waals surface area contributed by atoms with Crippen molar-refractivity contribution >= 4 is 17.6 Å². The molecule has 2 atom stereocenters. The Kier molecular flexibility index (Phi) is 8.10. The zero-order chi connectivity index (χ0) is 20.7. The fourth-order valence-corrected chi connectivity index (χ4v) is 3.23. The van der Waals surface area contributed by atoms with Crippen LogP contribution in [0.4, 0.5) is 5.69 Å². The molecular formula is C20H28N2O5S. The second kappa shape index (κ2) is 10.3. The minimum Gasteiger partial charge on any atom is -0.506 e. The van der Waals surface area contributed by atoms with Gasteiger partial charge in [-0.3, -0.25) is 0 Å². The average Bonchev–Trinajstić information content (AvgIpc) is 2.72. The molecule has 2 aromatic carbocycles. The van der Waals surface area contributed by atoms with E-state index in [2.05, 4.69) is 10.0 Å². The highest BCUT2D eigenvalue weighted by Crippen LogP contribution is 2.38. The molecule has 0 bridgehead atoms. The van der Waals surface area contributed by atoms with Crippen LogP contribution in [0.2, 0.25) is 0 Å². The third-order valence-corrected chi connectivity index (χ3v) is 4.82. The van der Waals surface area contributed by atoms with E-state index in [4.69, 9.17) is 14.2 Å². The summed E-state index contributed by atoms with van der Waals surface area (Å²) in [4.78, 5) is 0. The van der Waals surface area contributed by atoms with Gasteiger partial charge in [0, 0.05) is 18.8 Å². The molecule has 0 aliphatic carbocycles. The second-order valence-electron chi connectivity index (χ2n) is 6.23. The smallest absolute Gasteiger partial charge is 0.203 e. The standard InChI is InChI=1S/C20H28N2O5S/c1-12(19(24)14-6-7-16(23)15(10-14)22-28-5)21-11-13-8-17(25-2)20(27-4)18(9-13)26-3/h6-10,12,19,21-24H,11H2,1-5H3/t12-,19-/m0/s1. The number of phenols is 1. The van der Waals surface area contributed by atoms with Crippen LogP contribution in [0, 0.1) is 0 Å². The van der Waals surface area contributed by atoms with Crippen molar-refractivity contribution in [3.8, 4) is 23.0 Å². The number of hydrogen-bond acceptors (Lipinski definition) is 8. The fourth-order valence-electron chi connectivity index (χ4n) is 2.85. The Labute approximate surface area is 170 Å². The molecule has 0 heterocycles. The van der Waals surface area contributed by atoms with Crippen LogP contribution in [0.25, 0.3) is 0 Å². The highest BCUT2D eigenvalue weighted by molar-refractivity contribution is 7.99. The first-order valence-corrected chi connectivity index (χ1v) is 9.99. The minimum absolute atomic E-state index is 0.142. The van der Waals surface area contributed by atoms with Gasteiger partial charge in [-0.05, 0) is 42.3 Å². The number of aliphatic hydroxyl groups is 1. The summed E-state index contributed by atoms with van der Waals surface area (Å²) in [5.74, 6) is 1.85. The highest BCUT2D eigenvalue weighted by Gasteiger charge is 2.19. The third-order valence-electron chi connectivity index (χ3n) is 4.40. The summed E-state index contributed by atoms with van der Waals surface area (Å²) in [5, 5.41) is 23.9. The van der Waals surface area contributed by atoms with Crippen molar-refractivity contribution in [1.82, 2.24) is 5.32 Å². The van der Waals surface area contributed by atoms with Crippen LogP contribution in [-0.4, -0.2) is 43.8 Å². The molecule has 0 saturated carbocycles. The van der Waals surface area contributed by atoms with Crippen molar-refractivity contribution in [1.29, 1.82) is 0 Å². The summed E-state index contributed by atoms with van der Waals surface area (Å²) in [6.07, 6.45) is 1.12. The number of aliphatic hydroxyl groups excluding tert-OH is 1. The first-order valence-electron chi connectivity index (χ1n) is 8.77. The molecular weight excluding hydrogens is 380 g/mol. The summed E-state index contributed by atoms with van der Waals surface area (Å²) in [7, 11) is 4.71. The number of ether oxygens (including phenoxy) is 3. The van der Waals surface area contributed by atoms with Gasteiger partial charge in [-0.2, -0.15) is 0 Å². The van der Waals surface area contributed by atoms with Gasteiger partial charge in [0.15, 0.2) is 11.5 Å². The van der Waals surface area contributed by atoms with Crippen molar-refractivity contribution in [2.24, 2.45) is 0 Å². The molecule has 0 saturated heterocycles. The van der Waals surface area contributed by atoms with Crippen molar-refractivity contribution < 1.29 is 24.4 Å². The molecule has 4 N–H and O–H groups in total. The molecule has 8 heteroatoms. The van der Waals surface area contributed by atoms with E-state index >= 15 is 0 Å². The summed E-state index contributed by atoms with van der Waals surface area (Å²) < 4.78 is 19.1. The van der Waals surface area contributed by atoms with E-state index < -0.39 is 6.10 Å². The van der Waals surface area contributed by atoms with Gasteiger partial charge < -0.3 is 34.5 Å². The molecule has 0 radical (unpaired) electrons. The molecule has 0 aromatic heterocycles. The van der Waals surface area contributed by atoms with Crippen LogP contribution in [0.5, 0.6) is 23.0 Å². The Balaban J connectivity index is 2.11. The fraction of sp³-hybridized carbons (Fsp3) is 0.400. The first-order chi connectivity index (χ1) is 13.4. The van der Waals surface area contributed by atoms with Gasteiger partial charge in [-0.25, -0.2) is 0 Å². The predicted octanol–water partition coefficient (Wildman–Crippen LogP) is 3.32. The van der Waals surface area contributed by atoms with Crippen LogP contribution >= 0.6 is 11.9 Å². The van der Waals surface area contributed by atoms with Crippen LogP contribution in [0.3, 0.4) is 0 Å². The lowest BCUT2D eigenvalue weighted by Gasteiger charge is -2.22. The van der Waals surface area contributed by atoms with Crippen molar-refractivity contribution in [3.63, 3.8) is 0 Å². The largest absolute Gasteiger partial charge is 0.506 e. The molecule has 7 nitrogen and oxygen atoms in total. The number of benzene rings is 2. The van der Waals surface area contributed by atoms with E-state index in [0.29, 0.717) is 35.0 Å².